The Labute approximate surface area is 138 Å². The van der Waals surface area contributed by atoms with Crippen LogP contribution in [0, 0.1) is 12.7 Å². The highest BCUT2D eigenvalue weighted by molar-refractivity contribution is 6.30. The Hall–Kier alpha value is -2.40. The topological polar surface area (TPSA) is 58.2 Å². The predicted octanol–water partition coefficient (Wildman–Crippen LogP) is 3.55. The van der Waals surface area contributed by atoms with E-state index in [0.717, 1.165) is 0 Å². The summed E-state index contributed by atoms with van der Waals surface area (Å²) in [5.41, 5.74) is 1.67. The number of benzene rings is 2. The molecular weight excluding hydrogens is 319 g/mol. The summed E-state index contributed by atoms with van der Waals surface area (Å²) in [5, 5.41) is 5.89. The molecule has 0 heterocycles. The van der Waals surface area contributed by atoms with Crippen molar-refractivity contribution in [1.82, 2.24) is 5.32 Å². The molecule has 0 saturated carbocycles. The van der Waals surface area contributed by atoms with Crippen LogP contribution in [0.3, 0.4) is 0 Å². The van der Waals surface area contributed by atoms with Crippen LogP contribution in [0.15, 0.2) is 42.5 Å². The molecule has 0 aromatic heterocycles. The number of halogens is 2. The van der Waals surface area contributed by atoms with E-state index in [-0.39, 0.29) is 30.6 Å². The molecule has 0 bridgehead atoms. The van der Waals surface area contributed by atoms with Crippen LogP contribution in [0.5, 0.6) is 0 Å². The van der Waals surface area contributed by atoms with Gasteiger partial charge in [0, 0.05) is 29.2 Å². The molecule has 2 N–H and O–H groups in total. The molecule has 2 aromatic rings. The van der Waals surface area contributed by atoms with Gasteiger partial charge in [-0.3, -0.25) is 9.59 Å². The first-order valence-corrected chi connectivity index (χ1v) is 7.43. The van der Waals surface area contributed by atoms with Crippen molar-refractivity contribution < 1.29 is 14.0 Å². The van der Waals surface area contributed by atoms with Crippen LogP contribution >= 0.6 is 11.6 Å². The Morgan fingerprint density at radius 3 is 2.48 bits per heavy atom. The summed E-state index contributed by atoms with van der Waals surface area (Å²) < 4.78 is 13.0. The van der Waals surface area contributed by atoms with E-state index in [1.807, 2.05) is 0 Å². The number of carbonyl (C=O) groups excluding carboxylic acids is 2. The summed E-state index contributed by atoms with van der Waals surface area (Å²) in [6.07, 6.45) is 0.121. The number of anilines is 1. The van der Waals surface area contributed by atoms with Gasteiger partial charge in [0.25, 0.3) is 5.91 Å². The molecule has 4 nitrogen and oxygen atoms in total. The third-order valence-corrected chi connectivity index (χ3v) is 3.46. The molecular formula is C17H16ClFN2O2. The molecule has 0 unspecified atom stereocenters. The van der Waals surface area contributed by atoms with E-state index in [9.17, 15) is 14.0 Å². The van der Waals surface area contributed by atoms with Crippen LogP contribution in [0.2, 0.25) is 5.02 Å². The first kappa shape index (κ1) is 17.0. The SMILES string of the molecule is Cc1cc(F)ccc1NC(=O)CCNC(=O)c1ccc(Cl)cc1. The van der Waals surface area contributed by atoms with E-state index in [1.54, 1.807) is 31.2 Å². The zero-order chi connectivity index (χ0) is 16.8. The second-order valence-electron chi connectivity index (χ2n) is 5.02. The number of carbonyl (C=O) groups is 2. The maximum atomic E-state index is 13.0. The fourth-order valence-corrected chi connectivity index (χ4v) is 2.10. The van der Waals surface area contributed by atoms with Gasteiger partial charge in [-0.2, -0.15) is 0 Å². The molecule has 0 aliphatic carbocycles. The molecule has 2 amide bonds. The van der Waals surface area contributed by atoms with Crippen molar-refractivity contribution >= 4 is 29.1 Å². The van der Waals surface area contributed by atoms with Gasteiger partial charge in [0.2, 0.25) is 5.91 Å². The molecule has 0 radical (unpaired) electrons. The first-order valence-electron chi connectivity index (χ1n) is 7.05. The summed E-state index contributed by atoms with van der Waals surface area (Å²) in [7, 11) is 0. The number of hydrogen-bond acceptors (Lipinski definition) is 2. The molecule has 120 valence electrons. The molecule has 6 heteroatoms. The Morgan fingerprint density at radius 1 is 1.13 bits per heavy atom. The lowest BCUT2D eigenvalue weighted by atomic mass is 10.2. The van der Waals surface area contributed by atoms with E-state index >= 15 is 0 Å². The van der Waals surface area contributed by atoms with Gasteiger partial charge < -0.3 is 10.6 Å². The summed E-state index contributed by atoms with van der Waals surface area (Å²) >= 11 is 5.75. The van der Waals surface area contributed by atoms with E-state index < -0.39 is 0 Å². The minimum absolute atomic E-state index is 0.121. The Morgan fingerprint density at radius 2 is 1.83 bits per heavy atom. The average molecular weight is 335 g/mol. The van der Waals surface area contributed by atoms with Crippen LogP contribution < -0.4 is 10.6 Å². The van der Waals surface area contributed by atoms with Crippen molar-refractivity contribution in [2.75, 3.05) is 11.9 Å². The van der Waals surface area contributed by atoms with Crippen LogP contribution in [-0.4, -0.2) is 18.4 Å². The van der Waals surface area contributed by atoms with Crippen LogP contribution in [0.1, 0.15) is 22.3 Å². The van der Waals surface area contributed by atoms with Crippen molar-refractivity contribution in [3.05, 3.63) is 64.4 Å². The van der Waals surface area contributed by atoms with Crippen LogP contribution in [-0.2, 0) is 4.79 Å². The van der Waals surface area contributed by atoms with Crippen molar-refractivity contribution in [3.63, 3.8) is 0 Å². The Balaban J connectivity index is 1.80. The normalized spacial score (nSPS) is 10.2. The van der Waals surface area contributed by atoms with Crippen molar-refractivity contribution in [1.29, 1.82) is 0 Å². The fourth-order valence-electron chi connectivity index (χ4n) is 1.97. The van der Waals surface area contributed by atoms with Gasteiger partial charge in [-0.1, -0.05) is 11.6 Å². The first-order chi connectivity index (χ1) is 11.0. The molecule has 0 aliphatic heterocycles. The van der Waals surface area contributed by atoms with Gasteiger partial charge in [-0.15, -0.1) is 0 Å². The van der Waals surface area contributed by atoms with Crippen LogP contribution in [0.4, 0.5) is 10.1 Å². The fraction of sp³-hybridized carbons (Fsp3) is 0.176. The van der Waals surface area contributed by atoms with Crippen molar-refractivity contribution in [3.8, 4) is 0 Å². The van der Waals surface area contributed by atoms with Crippen molar-refractivity contribution in [2.45, 2.75) is 13.3 Å². The van der Waals surface area contributed by atoms with Gasteiger partial charge in [0.15, 0.2) is 0 Å². The monoisotopic (exact) mass is 334 g/mol. The number of aryl methyl sites for hydroxylation is 1. The zero-order valence-electron chi connectivity index (χ0n) is 12.5. The lowest BCUT2D eigenvalue weighted by molar-refractivity contribution is -0.116. The van der Waals surface area contributed by atoms with Gasteiger partial charge in [-0.25, -0.2) is 4.39 Å². The lowest BCUT2D eigenvalue weighted by Gasteiger charge is -2.09. The molecule has 0 spiro atoms. The van der Waals surface area contributed by atoms with E-state index in [1.165, 1.54) is 18.2 Å². The summed E-state index contributed by atoms with van der Waals surface area (Å²) in [6, 6.07) is 10.6. The average Bonchev–Trinajstić information content (AvgIpc) is 2.50. The summed E-state index contributed by atoms with van der Waals surface area (Å²) in [4.78, 5) is 23.7. The molecule has 2 rings (SSSR count). The minimum atomic E-state index is -0.351. The predicted molar refractivity (Wildman–Crippen MR) is 88.2 cm³/mol. The smallest absolute Gasteiger partial charge is 0.251 e. The molecule has 0 saturated heterocycles. The van der Waals surface area contributed by atoms with E-state index in [2.05, 4.69) is 10.6 Å². The molecule has 23 heavy (non-hydrogen) atoms. The number of amides is 2. The number of nitrogens with one attached hydrogen (secondary N) is 2. The maximum Gasteiger partial charge on any atom is 0.251 e. The third-order valence-electron chi connectivity index (χ3n) is 3.21. The molecule has 2 aromatic carbocycles. The second kappa shape index (κ2) is 7.74. The van der Waals surface area contributed by atoms with E-state index in [0.29, 0.717) is 21.8 Å². The number of rotatable bonds is 5. The highest BCUT2D eigenvalue weighted by atomic mass is 35.5. The van der Waals surface area contributed by atoms with Gasteiger partial charge in [-0.05, 0) is 55.0 Å². The highest BCUT2D eigenvalue weighted by Crippen LogP contribution is 2.15. The quantitative estimate of drug-likeness (QED) is 0.878. The largest absolute Gasteiger partial charge is 0.352 e. The van der Waals surface area contributed by atoms with Gasteiger partial charge in [0.1, 0.15) is 5.82 Å². The third kappa shape index (κ3) is 5.07. The minimum Gasteiger partial charge on any atom is -0.352 e. The Kier molecular flexibility index (Phi) is 5.71. The zero-order valence-corrected chi connectivity index (χ0v) is 13.3. The standard InChI is InChI=1S/C17H16ClFN2O2/c1-11-10-14(19)6-7-15(11)21-16(22)8-9-20-17(23)12-2-4-13(18)5-3-12/h2-7,10H,8-9H2,1H3,(H,20,23)(H,21,22). The molecule has 0 fully saturated rings. The van der Waals surface area contributed by atoms with E-state index in [4.69, 9.17) is 11.6 Å². The van der Waals surface area contributed by atoms with Gasteiger partial charge >= 0.3 is 0 Å². The number of hydrogen-bond donors (Lipinski definition) is 2. The second-order valence-corrected chi connectivity index (χ2v) is 5.46. The molecule has 0 atom stereocenters. The summed E-state index contributed by atoms with van der Waals surface area (Å²) in [5.74, 6) is -0.876. The molecule has 0 aliphatic rings. The highest BCUT2D eigenvalue weighted by Gasteiger charge is 2.08. The van der Waals surface area contributed by atoms with Gasteiger partial charge in [0.05, 0.1) is 0 Å². The van der Waals surface area contributed by atoms with Crippen molar-refractivity contribution in [2.24, 2.45) is 0 Å². The maximum absolute atomic E-state index is 13.0. The summed E-state index contributed by atoms with van der Waals surface area (Å²) in [6.45, 7) is 1.91. The Bertz CT molecular complexity index is 717. The van der Waals surface area contributed by atoms with Crippen LogP contribution in [0.25, 0.3) is 0 Å². The lowest BCUT2D eigenvalue weighted by Crippen LogP contribution is -2.27.